The average Bonchev–Trinajstić information content (AvgIpc) is 2.60. The zero-order valence-corrected chi connectivity index (χ0v) is 13.3. The number of hydrogen-bond acceptors (Lipinski definition) is 3. The van der Waals surface area contributed by atoms with E-state index in [1.807, 2.05) is 37.3 Å². The van der Waals surface area contributed by atoms with Gasteiger partial charge in [0.05, 0.1) is 0 Å². The third-order valence-electron chi connectivity index (χ3n) is 3.38. The summed E-state index contributed by atoms with van der Waals surface area (Å²) >= 11 is 0. The van der Waals surface area contributed by atoms with Crippen LogP contribution in [0.1, 0.15) is 27.6 Å². The van der Waals surface area contributed by atoms with E-state index >= 15 is 0 Å². The predicted molar refractivity (Wildman–Crippen MR) is 91.7 cm³/mol. The van der Waals surface area contributed by atoms with Gasteiger partial charge in [0.1, 0.15) is 0 Å². The number of amides is 2. The molecule has 0 heterocycles. The van der Waals surface area contributed by atoms with Crippen LogP contribution in [0.25, 0.3) is 0 Å². The van der Waals surface area contributed by atoms with Gasteiger partial charge in [0.2, 0.25) is 0 Å². The minimum absolute atomic E-state index is 0.0497. The first-order valence-electron chi connectivity index (χ1n) is 7.52. The summed E-state index contributed by atoms with van der Waals surface area (Å²) in [6.45, 7) is 2.54. The molecule has 0 saturated heterocycles. The standard InChI is InChI=1S/C18H21N3O2/c1-13(12-20-16-9-4-3-5-10-16)21-18(23)15-8-6-7-14(11-15)17(22)19-2/h3-11,13,20H,12H2,1-2H3,(H,19,22)(H,21,23)/t13-/m1/s1. The Labute approximate surface area is 136 Å². The fourth-order valence-corrected chi connectivity index (χ4v) is 2.13. The quantitative estimate of drug-likeness (QED) is 0.766. The lowest BCUT2D eigenvalue weighted by atomic mass is 10.1. The van der Waals surface area contributed by atoms with Crippen molar-refractivity contribution < 1.29 is 9.59 Å². The monoisotopic (exact) mass is 311 g/mol. The molecule has 0 unspecified atom stereocenters. The smallest absolute Gasteiger partial charge is 0.251 e. The van der Waals surface area contributed by atoms with Gasteiger partial charge in [0, 0.05) is 36.4 Å². The first kappa shape index (κ1) is 16.5. The van der Waals surface area contributed by atoms with Crippen LogP contribution >= 0.6 is 0 Å². The van der Waals surface area contributed by atoms with Crippen LogP contribution < -0.4 is 16.0 Å². The highest BCUT2D eigenvalue weighted by Gasteiger charge is 2.12. The van der Waals surface area contributed by atoms with E-state index in [9.17, 15) is 9.59 Å². The normalized spacial score (nSPS) is 11.4. The molecule has 3 N–H and O–H groups in total. The molecular weight excluding hydrogens is 290 g/mol. The van der Waals surface area contributed by atoms with E-state index in [-0.39, 0.29) is 17.9 Å². The summed E-state index contributed by atoms with van der Waals surface area (Å²) in [4.78, 5) is 23.9. The maximum Gasteiger partial charge on any atom is 0.251 e. The highest BCUT2D eigenvalue weighted by atomic mass is 16.2. The molecule has 2 aromatic rings. The number of carbonyl (C=O) groups excluding carboxylic acids is 2. The van der Waals surface area contributed by atoms with Crippen molar-refractivity contribution in [3.05, 3.63) is 65.7 Å². The van der Waals surface area contributed by atoms with Crippen LogP contribution in [-0.4, -0.2) is 31.4 Å². The topological polar surface area (TPSA) is 70.2 Å². The van der Waals surface area contributed by atoms with Crippen molar-refractivity contribution in [1.29, 1.82) is 0 Å². The van der Waals surface area contributed by atoms with Gasteiger partial charge in [-0.15, -0.1) is 0 Å². The number of carbonyl (C=O) groups is 2. The Kier molecular flexibility index (Phi) is 5.74. The van der Waals surface area contributed by atoms with Crippen molar-refractivity contribution in [2.75, 3.05) is 18.9 Å². The van der Waals surface area contributed by atoms with Crippen molar-refractivity contribution in [2.24, 2.45) is 0 Å². The number of rotatable bonds is 6. The highest BCUT2D eigenvalue weighted by molar-refractivity contribution is 5.99. The van der Waals surface area contributed by atoms with Gasteiger partial charge >= 0.3 is 0 Å². The van der Waals surface area contributed by atoms with Crippen LogP contribution in [0.3, 0.4) is 0 Å². The molecule has 0 aliphatic heterocycles. The minimum Gasteiger partial charge on any atom is -0.383 e. The molecule has 120 valence electrons. The van der Waals surface area contributed by atoms with Crippen LogP contribution in [0.5, 0.6) is 0 Å². The third-order valence-corrected chi connectivity index (χ3v) is 3.38. The Morgan fingerprint density at radius 1 is 0.957 bits per heavy atom. The SMILES string of the molecule is CNC(=O)c1cccc(C(=O)N[C@H](C)CNc2ccccc2)c1. The molecule has 5 nitrogen and oxygen atoms in total. The number of anilines is 1. The summed E-state index contributed by atoms with van der Waals surface area (Å²) in [7, 11) is 1.56. The van der Waals surface area contributed by atoms with Crippen molar-refractivity contribution in [2.45, 2.75) is 13.0 Å². The van der Waals surface area contributed by atoms with Crippen molar-refractivity contribution in [3.63, 3.8) is 0 Å². The molecule has 0 aromatic heterocycles. The number of nitrogens with one attached hydrogen (secondary N) is 3. The summed E-state index contributed by atoms with van der Waals surface area (Å²) in [5.74, 6) is -0.406. The Morgan fingerprint density at radius 3 is 2.26 bits per heavy atom. The van der Waals surface area contributed by atoms with Crippen molar-refractivity contribution in [1.82, 2.24) is 10.6 Å². The van der Waals surface area contributed by atoms with E-state index in [2.05, 4.69) is 16.0 Å². The molecule has 23 heavy (non-hydrogen) atoms. The van der Waals surface area contributed by atoms with Gasteiger partial charge in [-0.3, -0.25) is 9.59 Å². The Bertz CT molecular complexity index is 671. The zero-order chi connectivity index (χ0) is 16.7. The lowest BCUT2D eigenvalue weighted by molar-refractivity contribution is 0.0942. The van der Waals surface area contributed by atoms with E-state index < -0.39 is 0 Å². The highest BCUT2D eigenvalue weighted by Crippen LogP contribution is 2.07. The van der Waals surface area contributed by atoms with Crippen LogP contribution in [0.4, 0.5) is 5.69 Å². The van der Waals surface area contributed by atoms with E-state index in [0.717, 1.165) is 5.69 Å². The van der Waals surface area contributed by atoms with E-state index in [1.54, 1.807) is 31.3 Å². The molecule has 2 aromatic carbocycles. The fraction of sp³-hybridized carbons (Fsp3) is 0.222. The summed E-state index contributed by atoms with van der Waals surface area (Å²) in [5, 5.41) is 8.72. The Morgan fingerprint density at radius 2 is 1.61 bits per heavy atom. The summed E-state index contributed by atoms with van der Waals surface area (Å²) < 4.78 is 0. The van der Waals surface area contributed by atoms with Gasteiger partial charge in [-0.2, -0.15) is 0 Å². The molecule has 2 rings (SSSR count). The predicted octanol–water partition coefficient (Wildman–Crippen LogP) is 2.28. The third kappa shape index (κ3) is 4.85. The summed E-state index contributed by atoms with van der Waals surface area (Å²) in [5.41, 5.74) is 1.95. The minimum atomic E-state index is -0.210. The summed E-state index contributed by atoms with van der Waals surface area (Å²) in [6.07, 6.45) is 0. The number of benzene rings is 2. The first-order chi connectivity index (χ1) is 11.1. The van der Waals surface area contributed by atoms with Gasteiger partial charge < -0.3 is 16.0 Å². The van der Waals surface area contributed by atoms with Crippen LogP contribution in [0, 0.1) is 0 Å². The molecule has 0 aliphatic rings. The maximum atomic E-state index is 12.3. The van der Waals surface area contributed by atoms with Gasteiger partial charge in [0.15, 0.2) is 0 Å². The molecule has 2 amide bonds. The molecule has 0 radical (unpaired) electrons. The number of para-hydroxylation sites is 1. The lowest BCUT2D eigenvalue weighted by Crippen LogP contribution is -2.37. The van der Waals surface area contributed by atoms with Crippen LogP contribution in [0.2, 0.25) is 0 Å². The first-order valence-corrected chi connectivity index (χ1v) is 7.52. The summed E-state index contributed by atoms with van der Waals surface area (Å²) in [6, 6.07) is 16.4. The maximum absolute atomic E-state index is 12.3. The molecule has 5 heteroatoms. The Hall–Kier alpha value is -2.82. The molecular formula is C18H21N3O2. The van der Waals surface area contributed by atoms with Gasteiger partial charge in [-0.05, 0) is 37.3 Å². The molecule has 0 bridgehead atoms. The molecule has 1 atom stereocenters. The average molecular weight is 311 g/mol. The second-order valence-corrected chi connectivity index (χ2v) is 5.28. The largest absolute Gasteiger partial charge is 0.383 e. The van der Waals surface area contributed by atoms with Gasteiger partial charge in [-0.25, -0.2) is 0 Å². The lowest BCUT2D eigenvalue weighted by Gasteiger charge is -2.16. The second-order valence-electron chi connectivity index (χ2n) is 5.28. The van der Waals surface area contributed by atoms with Crippen molar-refractivity contribution >= 4 is 17.5 Å². The van der Waals surface area contributed by atoms with E-state index in [0.29, 0.717) is 17.7 Å². The molecule has 0 aliphatic carbocycles. The fourth-order valence-electron chi connectivity index (χ4n) is 2.13. The number of hydrogen-bond donors (Lipinski definition) is 3. The second kappa shape index (κ2) is 7.98. The molecule has 0 spiro atoms. The van der Waals surface area contributed by atoms with E-state index in [4.69, 9.17) is 0 Å². The zero-order valence-electron chi connectivity index (χ0n) is 13.3. The van der Waals surface area contributed by atoms with Crippen molar-refractivity contribution in [3.8, 4) is 0 Å². The van der Waals surface area contributed by atoms with Gasteiger partial charge in [0.25, 0.3) is 11.8 Å². The molecule has 0 saturated carbocycles. The van der Waals surface area contributed by atoms with Gasteiger partial charge in [-0.1, -0.05) is 24.3 Å². The Balaban J connectivity index is 1.92. The molecule has 0 fully saturated rings. The van der Waals surface area contributed by atoms with Crippen LogP contribution in [-0.2, 0) is 0 Å². The van der Waals surface area contributed by atoms with E-state index in [1.165, 1.54) is 0 Å². The van der Waals surface area contributed by atoms with Crippen LogP contribution in [0.15, 0.2) is 54.6 Å².